The summed E-state index contributed by atoms with van der Waals surface area (Å²) < 4.78 is 13.6. The van der Waals surface area contributed by atoms with Crippen molar-refractivity contribution in [1.29, 1.82) is 0 Å². The van der Waals surface area contributed by atoms with Crippen molar-refractivity contribution >= 4 is 17.5 Å². The Morgan fingerprint density at radius 1 is 1.38 bits per heavy atom. The summed E-state index contributed by atoms with van der Waals surface area (Å²) in [6.07, 6.45) is 0. The van der Waals surface area contributed by atoms with E-state index in [2.05, 4.69) is 10.6 Å². The molecule has 1 atom stereocenters. The van der Waals surface area contributed by atoms with Crippen molar-refractivity contribution in [3.8, 4) is 0 Å². The summed E-state index contributed by atoms with van der Waals surface area (Å²) in [5, 5.41) is 5.39. The number of hydrogen-bond donors (Lipinski definition) is 2. The van der Waals surface area contributed by atoms with Gasteiger partial charge in [0.25, 0.3) is 5.91 Å². The van der Waals surface area contributed by atoms with Gasteiger partial charge < -0.3 is 10.2 Å². The van der Waals surface area contributed by atoms with Gasteiger partial charge in [0.15, 0.2) is 0 Å². The minimum absolute atomic E-state index is 0.0633. The first-order chi connectivity index (χ1) is 9.77. The van der Waals surface area contributed by atoms with E-state index in [1.54, 1.807) is 31.9 Å². The second-order valence-corrected chi connectivity index (χ2v) is 5.74. The molecule has 0 saturated carbocycles. The number of imide groups is 1. The molecule has 6 heteroatoms. The number of amides is 2. The van der Waals surface area contributed by atoms with E-state index in [0.717, 1.165) is 0 Å². The van der Waals surface area contributed by atoms with Crippen molar-refractivity contribution in [2.75, 3.05) is 18.5 Å². The molecule has 1 aromatic carbocycles. The van der Waals surface area contributed by atoms with Crippen LogP contribution in [0.25, 0.3) is 0 Å². The fourth-order valence-corrected chi connectivity index (χ4v) is 2.44. The SMILES string of the molecule is CNC(C)c1cc(F)ccc1N1CC(=O)NC(=O)C1(C)C. The van der Waals surface area contributed by atoms with Gasteiger partial charge in [0.2, 0.25) is 5.91 Å². The molecule has 0 aliphatic carbocycles. The van der Waals surface area contributed by atoms with E-state index in [1.165, 1.54) is 12.1 Å². The topological polar surface area (TPSA) is 61.4 Å². The molecule has 0 radical (unpaired) electrons. The highest BCUT2D eigenvalue weighted by atomic mass is 19.1. The maximum Gasteiger partial charge on any atom is 0.251 e. The van der Waals surface area contributed by atoms with Crippen LogP contribution in [-0.2, 0) is 9.59 Å². The van der Waals surface area contributed by atoms with Gasteiger partial charge in [0.1, 0.15) is 11.4 Å². The van der Waals surface area contributed by atoms with Crippen LogP contribution in [0, 0.1) is 5.82 Å². The lowest BCUT2D eigenvalue weighted by Crippen LogP contribution is -2.64. The lowest BCUT2D eigenvalue weighted by Gasteiger charge is -2.43. The smallest absolute Gasteiger partial charge is 0.251 e. The number of rotatable bonds is 3. The van der Waals surface area contributed by atoms with Gasteiger partial charge in [0.05, 0.1) is 6.54 Å². The number of halogens is 1. The predicted octanol–water partition coefficient (Wildman–Crippen LogP) is 1.35. The number of carbonyl (C=O) groups is 2. The Labute approximate surface area is 123 Å². The molecular weight excluding hydrogens is 273 g/mol. The number of nitrogens with one attached hydrogen (secondary N) is 2. The van der Waals surface area contributed by atoms with Gasteiger partial charge in [-0.2, -0.15) is 0 Å². The van der Waals surface area contributed by atoms with Crippen molar-refractivity contribution < 1.29 is 14.0 Å². The summed E-state index contributed by atoms with van der Waals surface area (Å²) in [5.41, 5.74) is 0.521. The minimum atomic E-state index is -0.881. The van der Waals surface area contributed by atoms with Crippen molar-refractivity contribution in [3.05, 3.63) is 29.6 Å². The number of anilines is 1. The molecule has 1 aliphatic rings. The summed E-state index contributed by atoms with van der Waals surface area (Å²) in [5.74, 6) is -1.06. The number of benzene rings is 1. The predicted molar refractivity (Wildman–Crippen MR) is 78.4 cm³/mol. The van der Waals surface area contributed by atoms with Crippen molar-refractivity contribution in [3.63, 3.8) is 0 Å². The number of hydrogen-bond acceptors (Lipinski definition) is 4. The van der Waals surface area contributed by atoms with Crippen LogP contribution >= 0.6 is 0 Å². The second-order valence-electron chi connectivity index (χ2n) is 5.74. The molecule has 1 heterocycles. The minimum Gasteiger partial charge on any atom is -0.348 e. The second kappa shape index (κ2) is 5.44. The Balaban J connectivity index is 2.54. The van der Waals surface area contributed by atoms with Gasteiger partial charge >= 0.3 is 0 Å². The first-order valence-electron chi connectivity index (χ1n) is 6.86. The van der Waals surface area contributed by atoms with Crippen LogP contribution < -0.4 is 15.5 Å². The Morgan fingerprint density at radius 2 is 2.05 bits per heavy atom. The molecule has 21 heavy (non-hydrogen) atoms. The number of nitrogens with zero attached hydrogens (tertiary/aromatic N) is 1. The average Bonchev–Trinajstić information content (AvgIpc) is 2.42. The zero-order chi connectivity index (χ0) is 15.8. The lowest BCUT2D eigenvalue weighted by molar-refractivity contribution is -0.135. The Bertz CT molecular complexity index is 586. The Kier molecular flexibility index (Phi) is 4.00. The van der Waals surface area contributed by atoms with E-state index in [-0.39, 0.29) is 30.2 Å². The van der Waals surface area contributed by atoms with Crippen LogP contribution in [0.15, 0.2) is 18.2 Å². The first-order valence-corrected chi connectivity index (χ1v) is 6.86. The molecule has 1 unspecified atom stereocenters. The third-order valence-corrected chi connectivity index (χ3v) is 3.97. The summed E-state index contributed by atoms with van der Waals surface area (Å²) in [7, 11) is 1.78. The van der Waals surface area contributed by atoms with Gasteiger partial charge in [-0.25, -0.2) is 4.39 Å². The summed E-state index contributed by atoms with van der Waals surface area (Å²) >= 11 is 0. The third-order valence-electron chi connectivity index (χ3n) is 3.97. The number of piperazine rings is 1. The molecule has 5 nitrogen and oxygen atoms in total. The molecule has 1 aliphatic heterocycles. The van der Waals surface area contributed by atoms with Crippen molar-refractivity contribution in [2.24, 2.45) is 0 Å². The average molecular weight is 293 g/mol. The summed E-state index contributed by atoms with van der Waals surface area (Å²) in [4.78, 5) is 25.5. The number of carbonyl (C=O) groups excluding carboxylic acids is 2. The first kappa shape index (κ1) is 15.4. The van der Waals surface area contributed by atoms with Crippen molar-refractivity contribution in [1.82, 2.24) is 10.6 Å². The Morgan fingerprint density at radius 3 is 2.67 bits per heavy atom. The zero-order valence-electron chi connectivity index (χ0n) is 12.7. The summed E-state index contributed by atoms with van der Waals surface area (Å²) in [6, 6.07) is 4.29. The van der Waals surface area contributed by atoms with E-state index in [0.29, 0.717) is 11.3 Å². The molecular formula is C15H20FN3O2. The fraction of sp³-hybridized carbons (Fsp3) is 0.467. The van der Waals surface area contributed by atoms with Crippen LogP contribution in [0.5, 0.6) is 0 Å². The van der Waals surface area contributed by atoms with Gasteiger partial charge in [0, 0.05) is 11.7 Å². The van der Waals surface area contributed by atoms with E-state index in [1.807, 2.05) is 6.92 Å². The third kappa shape index (κ3) is 2.76. The molecule has 2 amide bonds. The standard InChI is InChI=1S/C15H20FN3O2/c1-9(17-4)11-7-10(16)5-6-12(11)19-8-13(20)18-14(21)15(19,2)3/h5-7,9,17H,8H2,1-4H3,(H,18,20,21). The van der Waals surface area contributed by atoms with Gasteiger partial charge in [-0.15, -0.1) is 0 Å². The van der Waals surface area contributed by atoms with Crippen LogP contribution in [0.1, 0.15) is 32.4 Å². The van der Waals surface area contributed by atoms with Crippen LogP contribution in [0.3, 0.4) is 0 Å². The van der Waals surface area contributed by atoms with Crippen molar-refractivity contribution in [2.45, 2.75) is 32.4 Å². The van der Waals surface area contributed by atoms with E-state index >= 15 is 0 Å². The van der Waals surface area contributed by atoms with E-state index in [9.17, 15) is 14.0 Å². The van der Waals surface area contributed by atoms with Crippen LogP contribution in [0.4, 0.5) is 10.1 Å². The lowest BCUT2D eigenvalue weighted by atomic mass is 9.95. The highest BCUT2D eigenvalue weighted by Crippen LogP contribution is 2.33. The van der Waals surface area contributed by atoms with Gasteiger partial charge in [-0.05, 0) is 51.6 Å². The quantitative estimate of drug-likeness (QED) is 0.826. The highest BCUT2D eigenvalue weighted by Gasteiger charge is 2.41. The molecule has 114 valence electrons. The Hall–Kier alpha value is -1.95. The molecule has 1 saturated heterocycles. The summed E-state index contributed by atoms with van der Waals surface area (Å²) in [6.45, 7) is 5.45. The normalized spacial score (nSPS) is 19.4. The molecule has 0 aromatic heterocycles. The molecule has 0 spiro atoms. The van der Waals surface area contributed by atoms with Gasteiger partial charge in [-0.3, -0.25) is 14.9 Å². The molecule has 1 fully saturated rings. The molecule has 0 bridgehead atoms. The fourth-order valence-electron chi connectivity index (χ4n) is 2.44. The van der Waals surface area contributed by atoms with E-state index in [4.69, 9.17) is 0 Å². The molecule has 2 rings (SSSR count). The molecule has 1 aromatic rings. The maximum atomic E-state index is 13.6. The van der Waals surface area contributed by atoms with E-state index < -0.39 is 5.54 Å². The maximum absolute atomic E-state index is 13.6. The monoisotopic (exact) mass is 293 g/mol. The highest BCUT2D eigenvalue weighted by molar-refractivity contribution is 6.06. The zero-order valence-corrected chi connectivity index (χ0v) is 12.7. The molecule has 2 N–H and O–H groups in total. The largest absolute Gasteiger partial charge is 0.348 e. The van der Waals surface area contributed by atoms with Crippen LogP contribution in [-0.4, -0.2) is 30.9 Å². The van der Waals surface area contributed by atoms with Crippen LogP contribution in [0.2, 0.25) is 0 Å². The van der Waals surface area contributed by atoms with Gasteiger partial charge in [-0.1, -0.05) is 0 Å².